The van der Waals surface area contributed by atoms with E-state index in [2.05, 4.69) is 32.7 Å². The Labute approximate surface area is 303 Å². The van der Waals surface area contributed by atoms with E-state index < -0.39 is 42.2 Å². The Morgan fingerprint density at radius 2 is 1.60 bits per heavy atom. The molecule has 1 saturated heterocycles. The topological polar surface area (TPSA) is 161 Å². The van der Waals surface area contributed by atoms with E-state index in [1.165, 1.54) is 16.5 Å². The Morgan fingerprint density at radius 3 is 2.23 bits per heavy atom. The van der Waals surface area contributed by atoms with Gasteiger partial charge in [0.2, 0.25) is 11.9 Å². The van der Waals surface area contributed by atoms with Gasteiger partial charge in [-0.2, -0.15) is 23.1 Å². The zero-order valence-corrected chi connectivity index (χ0v) is 28.6. The molecule has 0 radical (unpaired) electrons. The third-order valence-electron chi connectivity index (χ3n) is 9.97. The minimum Gasteiger partial charge on any atom is -0.451 e. The summed E-state index contributed by atoms with van der Waals surface area (Å²) in [6.45, 7) is 2.74. The normalized spacial score (nSPS) is 21.9. The van der Waals surface area contributed by atoms with Crippen LogP contribution in [0.2, 0.25) is 0 Å². The largest absolute Gasteiger partial charge is 0.490 e. The monoisotopic (exact) mass is 728 g/mol. The van der Waals surface area contributed by atoms with Crippen molar-refractivity contribution in [2.45, 2.75) is 55.8 Å². The van der Waals surface area contributed by atoms with Crippen molar-refractivity contribution in [1.82, 2.24) is 24.4 Å². The van der Waals surface area contributed by atoms with Gasteiger partial charge >= 0.3 is 12.1 Å². The molecule has 1 aliphatic carbocycles. The molecule has 0 unspecified atom stereocenters. The highest BCUT2D eigenvalue weighted by Gasteiger charge is 2.52. The summed E-state index contributed by atoms with van der Waals surface area (Å²) in [6.07, 6.45) is -6.94. The smallest absolute Gasteiger partial charge is 0.451 e. The quantitative estimate of drug-likeness (QED) is 0.133. The number of amides is 1. The van der Waals surface area contributed by atoms with Crippen molar-refractivity contribution in [3.8, 4) is 0 Å². The maximum atomic E-state index is 13.3. The Bertz CT molecular complexity index is 1990. The molecule has 1 aliphatic heterocycles. The van der Waals surface area contributed by atoms with E-state index in [1.54, 1.807) is 0 Å². The highest BCUT2D eigenvalue weighted by Crippen LogP contribution is 2.40. The fourth-order valence-corrected chi connectivity index (χ4v) is 7.35. The number of likely N-dealkylation sites (tertiary alicyclic amines) is 1. The van der Waals surface area contributed by atoms with Crippen molar-refractivity contribution < 1.29 is 32.6 Å². The van der Waals surface area contributed by atoms with Crippen LogP contribution in [-0.4, -0.2) is 85.5 Å². The fraction of sp³-hybridized carbons (Fsp3) is 0.342. The molecule has 5 atom stereocenters. The first-order valence-corrected chi connectivity index (χ1v) is 17.4. The number of esters is 1. The Balaban J connectivity index is 1.23. The third kappa shape index (κ3) is 7.95. The molecule has 12 nitrogen and oxygen atoms in total. The van der Waals surface area contributed by atoms with Gasteiger partial charge < -0.3 is 30.8 Å². The number of carbonyl (C=O) groups is 2. The van der Waals surface area contributed by atoms with Gasteiger partial charge in [0.25, 0.3) is 0 Å². The number of fused-ring (bicyclic) bond motifs is 1. The lowest BCUT2D eigenvalue weighted by Gasteiger charge is -2.24. The van der Waals surface area contributed by atoms with E-state index in [9.17, 15) is 27.9 Å². The number of rotatable bonds is 12. The van der Waals surface area contributed by atoms with Gasteiger partial charge in [-0.1, -0.05) is 91.0 Å². The van der Waals surface area contributed by atoms with Gasteiger partial charge in [0, 0.05) is 38.1 Å². The molecular formula is C38H39F3N8O4. The predicted molar refractivity (Wildman–Crippen MR) is 191 cm³/mol. The molecule has 5 N–H and O–H groups in total. The zero-order chi connectivity index (χ0) is 37.1. The number of nitrogens with two attached hydrogens (primary N) is 1. The van der Waals surface area contributed by atoms with Crippen molar-refractivity contribution in [2.75, 3.05) is 30.3 Å². The number of anilines is 2. The van der Waals surface area contributed by atoms with Gasteiger partial charge in [0.15, 0.2) is 17.0 Å². The summed E-state index contributed by atoms with van der Waals surface area (Å²) in [5.41, 5.74) is 9.35. The van der Waals surface area contributed by atoms with Crippen molar-refractivity contribution in [3.63, 3.8) is 0 Å². The second-order valence-corrected chi connectivity index (χ2v) is 13.5. The number of hydrogen-bond donors (Lipinski definition) is 4. The molecule has 5 aromatic rings. The van der Waals surface area contributed by atoms with Crippen LogP contribution in [0.5, 0.6) is 0 Å². The van der Waals surface area contributed by atoms with Crippen molar-refractivity contribution in [3.05, 3.63) is 114 Å². The molecule has 2 fully saturated rings. The molecule has 276 valence electrons. The molecule has 2 aliphatic rings. The Hall–Kier alpha value is -5.54. The van der Waals surface area contributed by atoms with Gasteiger partial charge in [0.1, 0.15) is 12.2 Å². The summed E-state index contributed by atoms with van der Waals surface area (Å²) < 4.78 is 46.3. The predicted octanol–water partition coefficient (Wildman–Crippen LogP) is 4.64. The number of nitrogens with zero attached hydrogens (tertiary/aromatic N) is 5. The lowest BCUT2D eigenvalue weighted by atomic mass is 9.91. The molecule has 0 spiro atoms. The van der Waals surface area contributed by atoms with E-state index in [0.29, 0.717) is 24.4 Å². The van der Waals surface area contributed by atoms with Crippen molar-refractivity contribution >= 4 is 34.8 Å². The summed E-state index contributed by atoms with van der Waals surface area (Å²) in [5.74, 6) is -4.19. The van der Waals surface area contributed by atoms with Crippen LogP contribution >= 0.6 is 0 Å². The van der Waals surface area contributed by atoms with E-state index >= 15 is 0 Å². The zero-order valence-electron chi connectivity index (χ0n) is 28.6. The molecule has 15 heteroatoms. The van der Waals surface area contributed by atoms with Crippen LogP contribution < -0.4 is 16.4 Å². The van der Waals surface area contributed by atoms with Gasteiger partial charge in [-0.15, -0.1) is 0 Å². The molecule has 0 bridgehead atoms. The molecule has 1 saturated carbocycles. The van der Waals surface area contributed by atoms with Gasteiger partial charge in [-0.05, 0) is 29.5 Å². The number of aliphatic hydroxyl groups excluding tert-OH is 1. The van der Waals surface area contributed by atoms with E-state index in [0.717, 1.165) is 30.6 Å². The van der Waals surface area contributed by atoms with Crippen molar-refractivity contribution in [1.29, 1.82) is 0 Å². The number of hydrogen-bond acceptors (Lipinski definition) is 10. The van der Waals surface area contributed by atoms with Crippen LogP contribution in [0.4, 0.5) is 24.9 Å². The van der Waals surface area contributed by atoms with E-state index in [4.69, 9.17) is 20.4 Å². The average Bonchev–Trinajstić information content (AvgIpc) is 3.86. The first kappa shape index (κ1) is 35.8. The number of benzene rings is 3. The number of aromatic nitrogens is 4. The Kier molecular flexibility index (Phi) is 10.3. The number of alkyl halides is 3. The molecule has 2 aromatic heterocycles. The summed E-state index contributed by atoms with van der Waals surface area (Å²) in [4.78, 5) is 40.8. The minimum atomic E-state index is -5.33. The summed E-state index contributed by atoms with van der Waals surface area (Å²) in [6, 6.07) is 28.9. The molecular weight excluding hydrogens is 689 g/mol. The van der Waals surface area contributed by atoms with Crippen LogP contribution in [0.3, 0.4) is 0 Å². The summed E-state index contributed by atoms with van der Waals surface area (Å²) in [7, 11) is 0. The van der Waals surface area contributed by atoms with Crippen LogP contribution in [0.1, 0.15) is 41.5 Å². The molecule has 7 rings (SSSR count). The van der Waals surface area contributed by atoms with Gasteiger partial charge in [0.05, 0.1) is 18.3 Å². The first-order valence-electron chi connectivity index (χ1n) is 17.4. The van der Waals surface area contributed by atoms with Crippen LogP contribution in [0.15, 0.2) is 97.3 Å². The molecule has 3 aromatic carbocycles. The van der Waals surface area contributed by atoms with E-state index in [-0.39, 0.29) is 30.0 Å². The van der Waals surface area contributed by atoms with Crippen LogP contribution in [0, 0.1) is 5.92 Å². The van der Waals surface area contributed by atoms with Crippen molar-refractivity contribution in [2.24, 2.45) is 11.7 Å². The second-order valence-electron chi connectivity index (χ2n) is 13.5. The average molecular weight is 729 g/mol. The maximum absolute atomic E-state index is 13.3. The summed E-state index contributed by atoms with van der Waals surface area (Å²) in [5, 5.41) is 17.8. The number of imidazole rings is 1. The molecule has 53 heavy (non-hydrogen) atoms. The number of aliphatic hydroxyl groups is 1. The number of carbonyl (C=O) groups excluding carboxylic acids is 2. The van der Waals surface area contributed by atoms with Crippen LogP contribution in [-0.2, 0) is 20.9 Å². The molecule has 3 heterocycles. The van der Waals surface area contributed by atoms with Gasteiger partial charge in [-0.3, -0.25) is 9.69 Å². The SMILES string of the molecule is NC(=O)[C@H]1C[C@@H](n2cnc3c(NCC(c4ccccc4)c4ccccc4)nc(N[C@@H]4CCN(Cc5ccccc5)C4)nc32)[C@H](OC(=O)C(F)(F)F)[C@@H]1O. The highest BCUT2D eigenvalue weighted by molar-refractivity contribution is 5.85. The van der Waals surface area contributed by atoms with E-state index in [1.807, 2.05) is 78.9 Å². The third-order valence-corrected chi connectivity index (χ3v) is 9.97. The lowest BCUT2D eigenvalue weighted by molar-refractivity contribution is -0.210. The number of ether oxygens (including phenoxy) is 1. The lowest BCUT2D eigenvalue weighted by Crippen LogP contribution is -2.40. The molecule has 1 amide bonds. The number of halogens is 3. The van der Waals surface area contributed by atoms with Crippen LogP contribution in [0.25, 0.3) is 11.2 Å². The fourth-order valence-electron chi connectivity index (χ4n) is 7.35. The second kappa shape index (κ2) is 15.2. The highest BCUT2D eigenvalue weighted by atomic mass is 19.4. The number of nitrogens with one attached hydrogen (secondary N) is 2. The minimum absolute atomic E-state index is 0.0187. The maximum Gasteiger partial charge on any atom is 0.490 e. The Morgan fingerprint density at radius 1 is 0.962 bits per heavy atom. The standard InChI is InChI=1S/C38H39F3N8O4/c39-38(40,41)36(52)53-32-29(18-27(31(32)50)33(42)51)49-22-44-30-34(43-19-28(24-12-6-2-7-13-24)25-14-8-3-9-15-25)46-37(47-35(30)49)45-26-16-17-48(21-26)20-23-10-4-1-5-11-23/h1-15,22,26-29,31-32,50H,16-21H2,(H2,42,51)(H2,43,45,46,47)/t26-,27+,29-,31-,32+/m1/s1. The first-order chi connectivity index (χ1) is 25.5. The van der Waals surface area contributed by atoms with Gasteiger partial charge in [-0.25, -0.2) is 9.78 Å². The number of primary amides is 1. The summed E-state index contributed by atoms with van der Waals surface area (Å²) >= 11 is 0.